The van der Waals surface area contributed by atoms with E-state index in [1.807, 2.05) is 0 Å². The summed E-state index contributed by atoms with van der Waals surface area (Å²) in [5, 5.41) is 9.25. The van der Waals surface area contributed by atoms with Crippen LogP contribution in [0.15, 0.2) is 0 Å². The zero-order chi connectivity index (χ0) is 13.2. The van der Waals surface area contributed by atoms with Crippen molar-refractivity contribution in [2.45, 2.75) is 51.5 Å². The van der Waals surface area contributed by atoms with E-state index in [9.17, 15) is 19.1 Å². The Balaban J connectivity index is 2.86. The van der Waals surface area contributed by atoms with Crippen LogP contribution in [0.1, 0.15) is 20.8 Å². The molecule has 5 atom stereocenters. The van der Waals surface area contributed by atoms with Crippen molar-refractivity contribution >= 4 is 11.9 Å². The Morgan fingerprint density at radius 1 is 1.18 bits per heavy atom. The van der Waals surface area contributed by atoms with E-state index in [4.69, 9.17) is 14.2 Å². The van der Waals surface area contributed by atoms with Crippen molar-refractivity contribution in [3.05, 3.63) is 0 Å². The summed E-state index contributed by atoms with van der Waals surface area (Å²) in [4.78, 5) is 21.7. The Hall–Kier alpha value is -1.21. The van der Waals surface area contributed by atoms with Gasteiger partial charge in [-0.1, -0.05) is 0 Å². The lowest BCUT2D eigenvalue weighted by Gasteiger charge is -2.39. The van der Waals surface area contributed by atoms with Gasteiger partial charge in [0.2, 0.25) is 0 Å². The second-order valence-corrected chi connectivity index (χ2v) is 3.82. The maximum absolute atomic E-state index is 13.6. The summed E-state index contributed by atoms with van der Waals surface area (Å²) >= 11 is 0. The van der Waals surface area contributed by atoms with Gasteiger partial charge in [0.25, 0.3) is 0 Å². The Morgan fingerprint density at radius 3 is 2.12 bits per heavy atom. The van der Waals surface area contributed by atoms with Crippen LogP contribution in [0.4, 0.5) is 4.39 Å². The van der Waals surface area contributed by atoms with Crippen LogP contribution < -0.4 is 0 Å². The maximum atomic E-state index is 13.6. The predicted molar refractivity (Wildman–Crippen MR) is 52.6 cm³/mol. The summed E-state index contributed by atoms with van der Waals surface area (Å²) in [6.07, 6.45) is -6.88. The molecular formula is C10H15FO6. The second-order valence-electron chi connectivity index (χ2n) is 3.82. The van der Waals surface area contributed by atoms with Crippen LogP contribution in [0.25, 0.3) is 0 Å². The van der Waals surface area contributed by atoms with Gasteiger partial charge in [-0.05, 0) is 6.92 Å². The third-order valence-electron chi connectivity index (χ3n) is 2.33. The molecule has 0 aromatic heterocycles. The summed E-state index contributed by atoms with van der Waals surface area (Å²) < 4.78 is 28.0. The molecule has 1 heterocycles. The molecule has 0 spiro atoms. The summed E-state index contributed by atoms with van der Waals surface area (Å²) in [6, 6.07) is 0. The minimum Gasteiger partial charge on any atom is -0.456 e. The molecule has 17 heavy (non-hydrogen) atoms. The van der Waals surface area contributed by atoms with Crippen molar-refractivity contribution in [1.82, 2.24) is 0 Å². The summed E-state index contributed by atoms with van der Waals surface area (Å²) in [5.41, 5.74) is 0. The van der Waals surface area contributed by atoms with Crippen molar-refractivity contribution in [2.75, 3.05) is 0 Å². The van der Waals surface area contributed by atoms with E-state index in [1.54, 1.807) is 0 Å². The van der Waals surface area contributed by atoms with Crippen molar-refractivity contribution in [2.24, 2.45) is 0 Å². The predicted octanol–water partition coefficient (Wildman–Crippen LogP) is -0.0750. The number of rotatable bonds is 2. The van der Waals surface area contributed by atoms with Crippen molar-refractivity contribution in [1.29, 1.82) is 0 Å². The fourth-order valence-corrected chi connectivity index (χ4v) is 1.66. The molecule has 1 rings (SSSR count). The molecular weight excluding hydrogens is 235 g/mol. The summed E-state index contributed by atoms with van der Waals surface area (Å²) in [6.45, 7) is 3.74. The fourth-order valence-electron chi connectivity index (χ4n) is 1.66. The lowest BCUT2D eigenvalue weighted by atomic mass is 10.0. The number of aliphatic hydroxyl groups excluding tert-OH is 1. The molecule has 0 saturated carbocycles. The fraction of sp³-hybridized carbons (Fsp3) is 0.800. The van der Waals surface area contributed by atoms with Crippen LogP contribution in [0.3, 0.4) is 0 Å². The third-order valence-corrected chi connectivity index (χ3v) is 2.33. The molecule has 0 radical (unpaired) electrons. The normalized spacial score (nSPS) is 37.4. The molecule has 0 amide bonds. The lowest BCUT2D eigenvalue weighted by Crippen LogP contribution is -2.57. The molecule has 0 aliphatic carbocycles. The number of hydrogen-bond acceptors (Lipinski definition) is 6. The molecule has 98 valence electrons. The van der Waals surface area contributed by atoms with Crippen LogP contribution in [0.5, 0.6) is 0 Å². The minimum atomic E-state index is -1.96. The number of esters is 2. The van der Waals surface area contributed by atoms with E-state index >= 15 is 0 Å². The highest BCUT2D eigenvalue weighted by Crippen LogP contribution is 2.27. The first-order valence-corrected chi connectivity index (χ1v) is 5.15. The Labute approximate surface area is 97.6 Å². The highest BCUT2D eigenvalue weighted by Gasteiger charge is 2.48. The van der Waals surface area contributed by atoms with Gasteiger partial charge in [0.1, 0.15) is 0 Å². The first kappa shape index (κ1) is 13.9. The minimum absolute atomic E-state index is 0.647. The SMILES string of the molecule is CC(=O)O[C@@H]1[C@@H](OC(C)=O)[C@@H](F)C(O)O[C@H]1C. The van der Waals surface area contributed by atoms with Crippen molar-refractivity contribution < 1.29 is 33.3 Å². The van der Waals surface area contributed by atoms with Gasteiger partial charge in [0.05, 0.1) is 6.10 Å². The summed E-state index contributed by atoms with van der Waals surface area (Å²) in [5.74, 6) is -1.37. The molecule has 6 nitrogen and oxygen atoms in total. The topological polar surface area (TPSA) is 82.1 Å². The number of ether oxygens (including phenoxy) is 3. The molecule has 7 heteroatoms. The van der Waals surface area contributed by atoms with Gasteiger partial charge in [-0.15, -0.1) is 0 Å². The van der Waals surface area contributed by atoms with Crippen LogP contribution in [0.2, 0.25) is 0 Å². The Kier molecular flexibility index (Phi) is 4.41. The Bertz CT molecular complexity index is 307. The van der Waals surface area contributed by atoms with Crippen LogP contribution in [0, 0.1) is 0 Å². The smallest absolute Gasteiger partial charge is 0.303 e. The van der Waals surface area contributed by atoms with Crippen molar-refractivity contribution in [3.63, 3.8) is 0 Å². The van der Waals surface area contributed by atoms with E-state index in [2.05, 4.69) is 0 Å². The average molecular weight is 250 g/mol. The molecule has 0 bridgehead atoms. The van der Waals surface area contributed by atoms with Crippen LogP contribution >= 0.6 is 0 Å². The molecule has 1 fully saturated rings. The van der Waals surface area contributed by atoms with Gasteiger partial charge in [0, 0.05) is 13.8 Å². The van der Waals surface area contributed by atoms with E-state index in [1.165, 1.54) is 6.92 Å². The first-order chi connectivity index (χ1) is 7.82. The molecule has 0 aromatic rings. The monoisotopic (exact) mass is 250 g/mol. The number of hydrogen-bond donors (Lipinski definition) is 1. The lowest BCUT2D eigenvalue weighted by molar-refractivity contribution is -0.269. The molecule has 1 aliphatic heterocycles. The van der Waals surface area contributed by atoms with Crippen LogP contribution in [-0.2, 0) is 23.8 Å². The molecule has 1 aliphatic rings. The zero-order valence-electron chi connectivity index (χ0n) is 9.75. The van der Waals surface area contributed by atoms with Crippen molar-refractivity contribution in [3.8, 4) is 0 Å². The highest BCUT2D eigenvalue weighted by atomic mass is 19.1. The largest absolute Gasteiger partial charge is 0.456 e. The number of halogens is 1. The van der Waals surface area contributed by atoms with Gasteiger partial charge >= 0.3 is 11.9 Å². The van der Waals surface area contributed by atoms with Gasteiger partial charge in [-0.25, -0.2) is 4.39 Å². The third kappa shape index (κ3) is 3.37. The quantitative estimate of drug-likeness (QED) is 0.690. The highest BCUT2D eigenvalue weighted by molar-refractivity contribution is 5.67. The number of carbonyl (C=O) groups is 2. The number of aliphatic hydroxyl groups is 1. The van der Waals surface area contributed by atoms with E-state index in [0.29, 0.717) is 0 Å². The van der Waals surface area contributed by atoms with Gasteiger partial charge in [-0.2, -0.15) is 0 Å². The van der Waals surface area contributed by atoms with E-state index in [0.717, 1.165) is 13.8 Å². The number of carbonyl (C=O) groups excluding carboxylic acids is 2. The second kappa shape index (κ2) is 5.42. The first-order valence-electron chi connectivity index (χ1n) is 5.15. The van der Waals surface area contributed by atoms with Gasteiger partial charge < -0.3 is 19.3 Å². The summed E-state index contributed by atoms with van der Waals surface area (Å²) in [7, 11) is 0. The molecule has 1 saturated heterocycles. The Morgan fingerprint density at radius 2 is 1.65 bits per heavy atom. The van der Waals surface area contributed by atoms with Gasteiger partial charge in [-0.3, -0.25) is 9.59 Å². The van der Waals surface area contributed by atoms with Crippen LogP contribution in [-0.4, -0.2) is 47.8 Å². The van der Waals surface area contributed by atoms with Gasteiger partial charge in [0.15, 0.2) is 24.7 Å². The molecule has 0 aromatic carbocycles. The maximum Gasteiger partial charge on any atom is 0.303 e. The molecule has 1 N–H and O–H groups in total. The molecule has 1 unspecified atom stereocenters. The van der Waals surface area contributed by atoms with E-state index in [-0.39, 0.29) is 0 Å². The number of alkyl halides is 1. The van der Waals surface area contributed by atoms with E-state index < -0.39 is 42.7 Å². The zero-order valence-corrected chi connectivity index (χ0v) is 9.75. The standard InChI is InChI=1S/C10H15FO6/c1-4-8(16-5(2)12)9(17-6(3)13)7(11)10(14)15-4/h4,7-10,14H,1-3H3/t4-,7+,8-,9-,10?/m0/s1. The average Bonchev–Trinajstić information content (AvgIpc) is 2.19.